The number of aromatic nitrogens is 5. The molecular weight excluding hydrogens is 262 g/mol. The molecule has 0 unspecified atom stereocenters. The molecule has 0 atom stereocenters. The maximum atomic E-state index is 11.3. The zero-order valence-corrected chi connectivity index (χ0v) is 10.6. The van der Waals surface area contributed by atoms with Crippen molar-refractivity contribution >= 4 is 28.2 Å². The molecule has 0 spiro atoms. The Kier molecular flexibility index (Phi) is 3.76. The first-order valence-electron chi connectivity index (χ1n) is 4.81. The van der Waals surface area contributed by atoms with Crippen molar-refractivity contribution in [3.63, 3.8) is 0 Å². The number of nitrogens with one attached hydrogen (secondary N) is 2. The Morgan fingerprint density at radius 3 is 3.06 bits per heavy atom. The van der Waals surface area contributed by atoms with Gasteiger partial charge in [0.05, 0.1) is 5.75 Å². The van der Waals surface area contributed by atoms with Crippen LogP contribution in [-0.4, -0.2) is 25.0 Å². The SMILES string of the molecule is CCn1c(SCc2nnc(NN)s2)n[nH]c1=O. The van der Waals surface area contributed by atoms with Gasteiger partial charge in [-0.1, -0.05) is 23.1 Å². The van der Waals surface area contributed by atoms with Crippen LogP contribution >= 0.6 is 23.1 Å². The van der Waals surface area contributed by atoms with E-state index < -0.39 is 0 Å². The van der Waals surface area contributed by atoms with Crippen LogP contribution in [0, 0.1) is 0 Å². The highest BCUT2D eigenvalue weighted by Gasteiger charge is 2.09. The Hall–Kier alpha value is -1.39. The molecule has 17 heavy (non-hydrogen) atoms. The van der Waals surface area contributed by atoms with Crippen molar-refractivity contribution in [3.05, 3.63) is 15.5 Å². The van der Waals surface area contributed by atoms with E-state index in [-0.39, 0.29) is 5.69 Å². The molecule has 2 aromatic heterocycles. The number of anilines is 1. The first-order chi connectivity index (χ1) is 8.24. The summed E-state index contributed by atoms with van der Waals surface area (Å²) >= 11 is 2.80. The predicted molar refractivity (Wildman–Crippen MR) is 65.8 cm³/mol. The lowest BCUT2D eigenvalue weighted by atomic mass is 10.7. The topological polar surface area (TPSA) is 115 Å². The minimum atomic E-state index is -0.198. The Bertz CT molecular complexity index is 544. The Balaban J connectivity index is 2.04. The van der Waals surface area contributed by atoms with Crippen LogP contribution in [0.1, 0.15) is 11.9 Å². The van der Waals surface area contributed by atoms with Gasteiger partial charge < -0.3 is 0 Å². The summed E-state index contributed by atoms with van der Waals surface area (Å²) in [4.78, 5) is 11.3. The number of aromatic amines is 1. The fourth-order valence-corrected chi connectivity index (χ4v) is 2.84. The van der Waals surface area contributed by atoms with Crippen molar-refractivity contribution < 1.29 is 0 Å². The number of nitrogens with zero attached hydrogens (tertiary/aromatic N) is 4. The monoisotopic (exact) mass is 273 g/mol. The van der Waals surface area contributed by atoms with Gasteiger partial charge in [0.2, 0.25) is 5.13 Å². The smallest absolute Gasteiger partial charge is 0.298 e. The molecule has 2 rings (SSSR count). The minimum absolute atomic E-state index is 0.198. The third kappa shape index (κ3) is 2.65. The lowest BCUT2D eigenvalue weighted by Crippen LogP contribution is -2.16. The number of thioether (sulfide) groups is 1. The average molecular weight is 273 g/mol. The third-order valence-corrected chi connectivity index (χ3v) is 3.98. The van der Waals surface area contributed by atoms with E-state index in [1.54, 1.807) is 4.57 Å². The Morgan fingerprint density at radius 1 is 1.59 bits per heavy atom. The van der Waals surface area contributed by atoms with E-state index in [9.17, 15) is 4.79 Å². The summed E-state index contributed by atoms with van der Waals surface area (Å²) in [6.07, 6.45) is 0. The van der Waals surface area contributed by atoms with Gasteiger partial charge in [-0.25, -0.2) is 15.7 Å². The standard InChI is InChI=1S/C7H11N7OS2/c1-2-14-6(15)12-13-7(14)16-3-4-10-11-5(9-8)17-4/h2-3,8H2,1H3,(H,9,11)(H,12,15). The predicted octanol–water partition coefficient (Wildman–Crippen LogP) is 0.0207. The van der Waals surface area contributed by atoms with E-state index in [4.69, 9.17) is 5.84 Å². The molecule has 0 bridgehead atoms. The second-order valence-corrected chi connectivity index (χ2v) is 4.99. The summed E-state index contributed by atoms with van der Waals surface area (Å²) in [6, 6.07) is 0. The fraction of sp³-hybridized carbons (Fsp3) is 0.429. The van der Waals surface area contributed by atoms with E-state index >= 15 is 0 Å². The van der Waals surface area contributed by atoms with Crippen molar-refractivity contribution in [2.45, 2.75) is 24.4 Å². The molecule has 8 nitrogen and oxygen atoms in total. The second-order valence-electron chi connectivity index (χ2n) is 2.99. The van der Waals surface area contributed by atoms with Crippen LogP contribution in [0.25, 0.3) is 0 Å². The lowest BCUT2D eigenvalue weighted by molar-refractivity contribution is 0.660. The van der Waals surface area contributed by atoms with Gasteiger partial charge in [0.25, 0.3) is 0 Å². The van der Waals surface area contributed by atoms with Crippen LogP contribution in [0.3, 0.4) is 0 Å². The maximum Gasteiger partial charge on any atom is 0.343 e. The van der Waals surface area contributed by atoms with Gasteiger partial charge in [-0.15, -0.1) is 15.3 Å². The summed E-state index contributed by atoms with van der Waals surface area (Å²) in [5.41, 5.74) is 2.23. The number of hydrogen-bond donors (Lipinski definition) is 3. The molecule has 10 heteroatoms. The average Bonchev–Trinajstić information content (AvgIpc) is 2.92. The van der Waals surface area contributed by atoms with Crippen molar-refractivity contribution in [3.8, 4) is 0 Å². The third-order valence-electron chi connectivity index (χ3n) is 1.95. The van der Waals surface area contributed by atoms with Crippen LogP contribution in [0.15, 0.2) is 9.95 Å². The normalized spacial score (nSPS) is 10.7. The second kappa shape index (κ2) is 5.29. The molecule has 0 aliphatic heterocycles. The number of rotatable bonds is 5. The number of hydrogen-bond acceptors (Lipinski definition) is 8. The van der Waals surface area contributed by atoms with Crippen molar-refractivity contribution in [1.29, 1.82) is 0 Å². The van der Waals surface area contributed by atoms with Crippen LogP contribution in [-0.2, 0) is 12.3 Å². The zero-order valence-electron chi connectivity index (χ0n) is 9.01. The summed E-state index contributed by atoms with van der Waals surface area (Å²) < 4.78 is 1.56. The van der Waals surface area contributed by atoms with Crippen molar-refractivity contribution in [2.24, 2.45) is 5.84 Å². The summed E-state index contributed by atoms with van der Waals surface area (Å²) in [6.45, 7) is 2.48. The molecule has 0 fully saturated rings. The van der Waals surface area contributed by atoms with Crippen molar-refractivity contribution in [2.75, 3.05) is 5.43 Å². The van der Waals surface area contributed by atoms with E-state index in [0.717, 1.165) is 5.01 Å². The fourth-order valence-electron chi connectivity index (χ4n) is 1.19. The molecule has 0 saturated carbocycles. The van der Waals surface area contributed by atoms with Gasteiger partial charge in [0.1, 0.15) is 5.01 Å². The minimum Gasteiger partial charge on any atom is -0.298 e. The maximum absolute atomic E-state index is 11.3. The molecule has 0 aliphatic carbocycles. The molecule has 0 aromatic carbocycles. The lowest BCUT2D eigenvalue weighted by Gasteiger charge is -1.99. The van der Waals surface area contributed by atoms with E-state index in [1.165, 1.54) is 23.1 Å². The Morgan fingerprint density at radius 2 is 2.41 bits per heavy atom. The highest BCUT2D eigenvalue weighted by Crippen LogP contribution is 2.23. The molecule has 0 aliphatic rings. The van der Waals surface area contributed by atoms with Gasteiger partial charge in [0.15, 0.2) is 5.16 Å². The van der Waals surface area contributed by atoms with Crippen LogP contribution < -0.4 is 17.0 Å². The molecular formula is C7H11N7OS2. The first-order valence-corrected chi connectivity index (χ1v) is 6.61. The number of nitrogens with two attached hydrogens (primary N) is 1. The molecule has 0 radical (unpaired) electrons. The van der Waals surface area contributed by atoms with E-state index in [2.05, 4.69) is 25.8 Å². The van der Waals surface area contributed by atoms with Gasteiger partial charge in [-0.05, 0) is 6.92 Å². The van der Waals surface area contributed by atoms with Gasteiger partial charge in [-0.2, -0.15) is 0 Å². The first kappa shape index (κ1) is 12.1. The largest absolute Gasteiger partial charge is 0.343 e. The van der Waals surface area contributed by atoms with Crippen LogP contribution in [0.5, 0.6) is 0 Å². The summed E-state index contributed by atoms with van der Waals surface area (Å²) in [5, 5.41) is 16.1. The highest BCUT2D eigenvalue weighted by atomic mass is 32.2. The highest BCUT2D eigenvalue weighted by molar-refractivity contribution is 7.98. The van der Waals surface area contributed by atoms with Crippen LogP contribution in [0.2, 0.25) is 0 Å². The van der Waals surface area contributed by atoms with Crippen molar-refractivity contribution in [1.82, 2.24) is 25.0 Å². The summed E-state index contributed by atoms with van der Waals surface area (Å²) in [5.74, 6) is 5.81. The number of hydrazine groups is 1. The summed E-state index contributed by atoms with van der Waals surface area (Å²) in [7, 11) is 0. The molecule has 0 saturated heterocycles. The molecule has 2 heterocycles. The zero-order chi connectivity index (χ0) is 12.3. The molecule has 0 amide bonds. The quantitative estimate of drug-likeness (QED) is 0.399. The van der Waals surface area contributed by atoms with Gasteiger partial charge in [-0.3, -0.25) is 9.99 Å². The number of H-pyrrole nitrogens is 1. The molecule has 2 aromatic rings. The van der Waals surface area contributed by atoms with Crippen LogP contribution in [0.4, 0.5) is 5.13 Å². The molecule has 92 valence electrons. The van der Waals surface area contributed by atoms with Gasteiger partial charge in [0, 0.05) is 6.54 Å². The Labute approximate surface area is 105 Å². The van der Waals surface area contributed by atoms with E-state index in [0.29, 0.717) is 22.6 Å². The van der Waals surface area contributed by atoms with Gasteiger partial charge >= 0.3 is 5.69 Å². The molecule has 4 N–H and O–H groups in total. The van der Waals surface area contributed by atoms with E-state index in [1.807, 2.05) is 6.92 Å². The number of nitrogen functional groups attached to an aromatic ring is 1.